The second kappa shape index (κ2) is 5.51. The van der Waals surface area contributed by atoms with Gasteiger partial charge in [-0.15, -0.1) is 10.2 Å². The van der Waals surface area contributed by atoms with Crippen LogP contribution in [0.1, 0.15) is 23.7 Å². The Kier molecular flexibility index (Phi) is 3.79. The first-order chi connectivity index (χ1) is 9.11. The fourth-order valence-electron chi connectivity index (χ4n) is 1.92. The Labute approximate surface area is 110 Å². The molecule has 0 fully saturated rings. The van der Waals surface area contributed by atoms with Gasteiger partial charge in [-0.05, 0) is 17.7 Å². The van der Waals surface area contributed by atoms with Crippen LogP contribution in [0.4, 0.5) is 0 Å². The number of aryl methyl sites for hydroxylation is 1. The molecule has 1 unspecified atom stereocenters. The van der Waals surface area contributed by atoms with Crippen molar-refractivity contribution in [2.75, 3.05) is 7.11 Å². The average molecular weight is 261 g/mol. The van der Waals surface area contributed by atoms with Gasteiger partial charge < -0.3 is 14.4 Å². The summed E-state index contributed by atoms with van der Waals surface area (Å²) in [6, 6.07) is 6.68. The van der Waals surface area contributed by atoms with Crippen LogP contribution < -0.4 is 0 Å². The number of aromatic hydroxyl groups is 1. The molecule has 1 aromatic heterocycles. The van der Waals surface area contributed by atoms with Crippen LogP contribution in [0.15, 0.2) is 30.6 Å². The highest BCUT2D eigenvalue weighted by atomic mass is 16.5. The van der Waals surface area contributed by atoms with Crippen molar-refractivity contribution in [2.45, 2.75) is 12.3 Å². The van der Waals surface area contributed by atoms with E-state index in [0.717, 1.165) is 5.56 Å². The molecule has 19 heavy (non-hydrogen) atoms. The van der Waals surface area contributed by atoms with E-state index >= 15 is 0 Å². The van der Waals surface area contributed by atoms with Crippen molar-refractivity contribution >= 4 is 5.97 Å². The minimum atomic E-state index is -0.318. The molecular formula is C13H15N3O3. The van der Waals surface area contributed by atoms with Gasteiger partial charge in [0.1, 0.15) is 17.9 Å². The summed E-state index contributed by atoms with van der Waals surface area (Å²) in [5, 5.41) is 17.2. The highest BCUT2D eigenvalue weighted by Crippen LogP contribution is 2.27. The maximum Gasteiger partial charge on any atom is 0.306 e. The summed E-state index contributed by atoms with van der Waals surface area (Å²) in [4.78, 5) is 11.5. The number of nitrogens with zero attached hydrogens (tertiary/aromatic N) is 3. The highest BCUT2D eigenvalue weighted by Gasteiger charge is 2.22. The van der Waals surface area contributed by atoms with Gasteiger partial charge in [-0.1, -0.05) is 12.1 Å². The van der Waals surface area contributed by atoms with E-state index in [1.807, 2.05) is 7.05 Å². The number of benzene rings is 1. The predicted molar refractivity (Wildman–Crippen MR) is 67.6 cm³/mol. The number of ether oxygens (including phenoxy) is 1. The molecule has 0 aliphatic heterocycles. The summed E-state index contributed by atoms with van der Waals surface area (Å²) in [5.41, 5.74) is 0.874. The first-order valence-corrected chi connectivity index (χ1v) is 5.81. The van der Waals surface area contributed by atoms with Crippen LogP contribution in [-0.4, -0.2) is 33.0 Å². The number of carbonyl (C=O) groups excluding carboxylic acids is 1. The molecule has 0 spiro atoms. The van der Waals surface area contributed by atoms with Gasteiger partial charge in [0.15, 0.2) is 0 Å². The Balaban J connectivity index is 2.37. The summed E-state index contributed by atoms with van der Waals surface area (Å²) in [6.45, 7) is 0. The maximum absolute atomic E-state index is 11.5. The van der Waals surface area contributed by atoms with E-state index < -0.39 is 0 Å². The number of esters is 1. The van der Waals surface area contributed by atoms with Gasteiger partial charge in [-0.25, -0.2) is 0 Å². The van der Waals surface area contributed by atoms with E-state index in [1.54, 1.807) is 35.2 Å². The second-order valence-electron chi connectivity index (χ2n) is 4.22. The molecule has 100 valence electrons. The monoisotopic (exact) mass is 261 g/mol. The lowest BCUT2D eigenvalue weighted by Gasteiger charge is -2.15. The largest absolute Gasteiger partial charge is 0.508 e. The van der Waals surface area contributed by atoms with Gasteiger partial charge in [0.25, 0.3) is 0 Å². The molecule has 6 heteroatoms. The van der Waals surface area contributed by atoms with Crippen molar-refractivity contribution in [3.05, 3.63) is 42.0 Å². The Morgan fingerprint density at radius 2 is 2.11 bits per heavy atom. The van der Waals surface area contributed by atoms with E-state index in [1.165, 1.54) is 7.11 Å². The molecule has 1 heterocycles. The van der Waals surface area contributed by atoms with Gasteiger partial charge in [0.2, 0.25) is 0 Å². The van der Waals surface area contributed by atoms with Gasteiger partial charge in [0, 0.05) is 7.05 Å². The van der Waals surface area contributed by atoms with Crippen molar-refractivity contribution < 1.29 is 14.6 Å². The van der Waals surface area contributed by atoms with Gasteiger partial charge in [-0.2, -0.15) is 0 Å². The van der Waals surface area contributed by atoms with Crippen molar-refractivity contribution in [3.8, 4) is 5.75 Å². The quantitative estimate of drug-likeness (QED) is 0.837. The standard InChI is InChI=1S/C13H15N3O3/c1-16-8-14-15-13(16)11(7-12(18)19-2)9-3-5-10(17)6-4-9/h3-6,8,11,17H,7H2,1-2H3. The van der Waals surface area contributed by atoms with Gasteiger partial charge >= 0.3 is 5.97 Å². The van der Waals surface area contributed by atoms with Crippen molar-refractivity contribution in [1.29, 1.82) is 0 Å². The molecule has 0 aliphatic carbocycles. The van der Waals surface area contributed by atoms with Crippen molar-refractivity contribution in [1.82, 2.24) is 14.8 Å². The maximum atomic E-state index is 11.5. The number of carbonyl (C=O) groups is 1. The third-order valence-corrected chi connectivity index (χ3v) is 2.95. The fourth-order valence-corrected chi connectivity index (χ4v) is 1.92. The number of hydrogen-bond donors (Lipinski definition) is 1. The molecule has 1 N–H and O–H groups in total. The number of aromatic nitrogens is 3. The van der Waals surface area contributed by atoms with Crippen molar-refractivity contribution in [2.24, 2.45) is 7.05 Å². The first-order valence-electron chi connectivity index (χ1n) is 5.81. The summed E-state index contributed by atoms with van der Waals surface area (Å²) in [7, 11) is 3.17. The Bertz CT molecular complexity index is 563. The predicted octanol–water partition coefficient (Wildman–Crippen LogP) is 1.22. The molecule has 0 amide bonds. The third kappa shape index (κ3) is 2.90. The summed E-state index contributed by atoms with van der Waals surface area (Å²) in [5.74, 6) is 0.288. The second-order valence-corrected chi connectivity index (χ2v) is 4.22. The van der Waals surface area contributed by atoms with E-state index in [2.05, 4.69) is 10.2 Å². The molecular weight excluding hydrogens is 246 g/mol. The summed E-state index contributed by atoms with van der Waals surface area (Å²) < 4.78 is 6.48. The molecule has 0 radical (unpaired) electrons. The molecule has 0 saturated heterocycles. The zero-order valence-corrected chi connectivity index (χ0v) is 10.8. The normalized spacial score (nSPS) is 12.1. The molecule has 0 saturated carbocycles. The van der Waals surface area contributed by atoms with Crippen LogP contribution in [0, 0.1) is 0 Å². The van der Waals surface area contributed by atoms with Crippen LogP contribution in [-0.2, 0) is 16.6 Å². The molecule has 1 aromatic carbocycles. The van der Waals surface area contributed by atoms with Crippen LogP contribution in [0.5, 0.6) is 5.75 Å². The van der Waals surface area contributed by atoms with E-state index in [-0.39, 0.29) is 24.1 Å². The number of phenolic OH excluding ortho intramolecular Hbond substituents is 1. The zero-order chi connectivity index (χ0) is 13.8. The van der Waals surface area contributed by atoms with Crippen LogP contribution in [0.2, 0.25) is 0 Å². The fraction of sp³-hybridized carbons (Fsp3) is 0.308. The zero-order valence-electron chi connectivity index (χ0n) is 10.8. The van der Waals surface area contributed by atoms with Crippen LogP contribution in [0.25, 0.3) is 0 Å². The Morgan fingerprint density at radius 3 is 2.63 bits per heavy atom. The SMILES string of the molecule is COC(=O)CC(c1ccc(O)cc1)c1nncn1C. The minimum absolute atomic E-state index is 0.174. The van der Waals surface area contributed by atoms with Gasteiger partial charge in [-0.3, -0.25) is 4.79 Å². The minimum Gasteiger partial charge on any atom is -0.508 e. The van der Waals surface area contributed by atoms with E-state index in [9.17, 15) is 9.90 Å². The molecule has 0 bridgehead atoms. The number of methoxy groups -OCH3 is 1. The van der Waals surface area contributed by atoms with E-state index in [0.29, 0.717) is 5.82 Å². The third-order valence-electron chi connectivity index (χ3n) is 2.95. The van der Waals surface area contributed by atoms with E-state index in [4.69, 9.17) is 4.74 Å². The Morgan fingerprint density at radius 1 is 1.42 bits per heavy atom. The lowest BCUT2D eigenvalue weighted by molar-refractivity contribution is -0.140. The number of rotatable bonds is 4. The average Bonchev–Trinajstić information content (AvgIpc) is 2.83. The summed E-state index contributed by atoms with van der Waals surface area (Å²) >= 11 is 0. The highest BCUT2D eigenvalue weighted by molar-refractivity contribution is 5.71. The molecule has 6 nitrogen and oxygen atoms in total. The lowest BCUT2D eigenvalue weighted by Crippen LogP contribution is -2.13. The smallest absolute Gasteiger partial charge is 0.306 e. The lowest BCUT2D eigenvalue weighted by atomic mass is 9.94. The van der Waals surface area contributed by atoms with Crippen LogP contribution in [0.3, 0.4) is 0 Å². The molecule has 2 aromatic rings. The molecule has 2 rings (SSSR count). The Hall–Kier alpha value is -2.37. The molecule has 0 aliphatic rings. The van der Waals surface area contributed by atoms with Crippen LogP contribution >= 0.6 is 0 Å². The first kappa shape index (κ1) is 13.1. The van der Waals surface area contributed by atoms with Crippen molar-refractivity contribution in [3.63, 3.8) is 0 Å². The topological polar surface area (TPSA) is 77.2 Å². The number of hydrogen-bond acceptors (Lipinski definition) is 5. The summed E-state index contributed by atoms with van der Waals surface area (Å²) in [6.07, 6.45) is 1.76. The number of phenols is 1. The van der Waals surface area contributed by atoms with Gasteiger partial charge in [0.05, 0.1) is 19.4 Å². The molecule has 1 atom stereocenters.